The normalized spacial score (nSPS) is 22.3. The zero-order valence-electron chi connectivity index (χ0n) is 16.1. The van der Waals surface area contributed by atoms with Gasteiger partial charge in [-0.3, -0.25) is 14.6 Å². The SMILES string of the molecule is CN(C)[C@H]1CCN(CC(=O)N2CCN(Cc3ccccc3CO)CC2)C1. The van der Waals surface area contributed by atoms with Gasteiger partial charge in [-0.25, -0.2) is 0 Å². The largest absolute Gasteiger partial charge is 0.392 e. The van der Waals surface area contributed by atoms with Crippen molar-refractivity contribution >= 4 is 5.91 Å². The van der Waals surface area contributed by atoms with Crippen molar-refractivity contribution in [2.24, 2.45) is 0 Å². The smallest absolute Gasteiger partial charge is 0.236 e. The summed E-state index contributed by atoms with van der Waals surface area (Å²) in [5.74, 6) is 0.264. The van der Waals surface area contributed by atoms with Crippen LogP contribution in [0.5, 0.6) is 0 Å². The fourth-order valence-corrected chi connectivity index (χ4v) is 3.93. The first kappa shape index (κ1) is 19.3. The van der Waals surface area contributed by atoms with Gasteiger partial charge >= 0.3 is 0 Å². The minimum Gasteiger partial charge on any atom is -0.392 e. The van der Waals surface area contributed by atoms with Gasteiger partial charge in [-0.05, 0) is 31.6 Å². The maximum Gasteiger partial charge on any atom is 0.236 e. The maximum atomic E-state index is 12.6. The standard InChI is InChI=1S/C20H32N4O2/c1-21(2)19-7-8-23(14-19)15-20(26)24-11-9-22(10-12-24)13-17-5-3-4-6-18(17)16-25/h3-6,19,25H,7-16H2,1-2H3/t19-/m0/s1. The fraction of sp³-hybridized carbons (Fsp3) is 0.650. The fourth-order valence-electron chi connectivity index (χ4n) is 3.93. The Hall–Kier alpha value is -1.47. The molecule has 26 heavy (non-hydrogen) atoms. The van der Waals surface area contributed by atoms with Crippen LogP contribution in [-0.4, -0.2) is 96.6 Å². The average molecular weight is 361 g/mol. The highest BCUT2D eigenvalue weighted by Crippen LogP contribution is 2.15. The molecule has 2 saturated heterocycles. The molecule has 0 radical (unpaired) electrons. The molecule has 0 aliphatic carbocycles. The molecule has 0 unspecified atom stereocenters. The van der Waals surface area contributed by atoms with E-state index in [1.54, 1.807) is 0 Å². The van der Waals surface area contributed by atoms with Crippen molar-refractivity contribution in [2.75, 3.05) is 59.9 Å². The summed E-state index contributed by atoms with van der Waals surface area (Å²) in [6.07, 6.45) is 1.15. The molecule has 1 aromatic rings. The van der Waals surface area contributed by atoms with Gasteiger partial charge in [0.15, 0.2) is 0 Å². The van der Waals surface area contributed by atoms with E-state index in [-0.39, 0.29) is 12.5 Å². The molecule has 0 bridgehead atoms. The molecular weight excluding hydrogens is 328 g/mol. The Morgan fingerprint density at radius 2 is 1.77 bits per heavy atom. The van der Waals surface area contributed by atoms with Gasteiger partial charge < -0.3 is 14.9 Å². The summed E-state index contributed by atoms with van der Waals surface area (Å²) in [6.45, 7) is 6.88. The van der Waals surface area contributed by atoms with Crippen molar-refractivity contribution in [2.45, 2.75) is 25.6 Å². The molecule has 2 aliphatic heterocycles. The van der Waals surface area contributed by atoms with Gasteiger partial charge in [-0.2, -0.15) is 0 Å². The van der Waals surface area contributed by atoms with Crippen LogP contribution in [0, 0.1) is 0 Å². The van der Waals surface area contributed by atoms with E-state index in [2.05, 4.69) is 34.9 Å². The van der Waals surface area contributed by atoms with Crippen LogP contribution in [0.4, 0.5) is 0 Å². The number of hydrogen-bond acceptors (Lipinski definition) is 5. The molecule has 1 atom stereocenters. The Balaban J connectivity index is 1.44. The van der Waals surface area contributed by atoms with Crippen LogP contribution in [0.3, 0.4) is 0 Å². The summed E-state index contributed by atoms with van der Waals surface area (Å²) in [5, 5.41) is 9.47. The van der Waals surface area contributed by atoms with Crippen LogP contribution in [0.1, 0.15) is 17.5 Å². The molecule has 1 aromatic carbocycles. The van der Waals surface area contributed by atoms with Crippen LogP contribution in [0.15, 0.2) is 24.3 Å². The van der Waals surface area contributed by atoms with Crippen LogP contribution < -0.4 is 0 Å². The third kappa shape index (κ3) is 4.82. The molecular formula is C20H32N4O2. The molecule has 2 heterocycles. The van der Waals surface area contributed by atoms with Gasteiger partial charge in [-0.15, -0.1) is 0 Å². The van der Waals surface area contributed by atoms with Crippen LogP contribution >= 0.6 is 0 Å². The number of rotatable bonds is 6. The first-order valence-electron chi connectivity index (χ1n) is 9.63. The summed E-state index contributed by atoms with van der Waals surface area (Å²) < 4.78 is 0. The molecule has 0 spiro atoms. The van der Waals surface area contributed by atoms with Crippen LogP contribution in [0.2, 0.25) is 0 Å². The summed E-state index contributed by atoms with van der Waals surface area (Å²) >= 11 is 0. The minimum atomic E-state index is 0.0817. The lowest BCUT2D eigenvalue weighted by atomic mass is 10.1. The van der Waals surface area contributed by atoms with Crippen molar-refractivity contribution in [3.63, 3.8) is 0 Å². The number of nitrogens with zero attached hydrogens (tertiary/aromatic N) is 4. The molecule has 1 N–H and O–H groups in total. The third-order valence-electron chi connectivity index (χ3n) is 5.74. The lowest BCUT2D eigenvalue weighted by Crippen LogP contribution is -2.50. The maximum absolute atomic E-state index is 12.6. The second-order valence-corrected chi connectivity index (χ2v) is 7.72. The van der Waals surface area contributed by atoms with Gasteiger partial charge in [0.25, 0.3) is 0 Å². The second kappa shape index (κ2) is 8.95. The first-order chi connectivity index (χ1) is 12.6. The average Bonchev–Trinajstić information content (AvgIpc) is 3.11. The Morgan fingerprint density at radius 3 is 2.38 bits per heavy atom. The Labute approximate surface area is 157 Å². The Bertz CT molecular complexity index is 599. The highest BCUT2D eigenvalue weighted by Gasteiger charge is 2.28. The van der Waals surface area contributed by atoms with E-state index < -0.39 is 0 Å². The molecule has 0 saturated carbocycles. The number of hydrogen-bond donors (Lipinski definition) is 1. The van der Waals surface area contributed by atoms with Gasteiger partial charge in [-0.1, -0.05) is 24.3 Å². The lowest BCUT2D eigenvalue weighted by Gasteiger charge is -2.35. The number of likely N-dealkylation sites (tertiary alicyclic amines) is 1. The number of likely N-dealkylation sites (N-methyl/N-ethyl adjacent to an activating group) is 1. The lowest BCUT2D eigenvalue weighted by molar-refractivity contribution is -0.134. The van der Waals surface area contributed by atoms with Crippen molar-refractivity contribution in [1.29, 1.82) is 0 Å². The van der Waals surface area contributed by atoms with Gasteiger partial charge in [0.1, 0.15) is 0 Å². The van der Waals surface area contributed by atoms with E-state index >= 15 is 0 Å². The third-order valence-corrected chi connectivity index (χ3v) is 5.74. The van der Waals surface area contributed by atoms with Crippen molar-refractivity contribution < 1.29 is 9.90 Å². The van der Waals surface area contributed by atoms with E-state index in [1.807, 2.05) is 23.1 Å². The zero-order valence-corrected chi connectivity index (χ0v) is 16.1. The molecule has 1 amide bonds. The molecule has 6 nitrogen and oxygen atoms in total. The number of aliphatic hydroxyl groups is 1. The Morgan fingerprint density at radius 1 is 1.08 bits per heavy atom. The molecule has 3 rings (SSSR count). The molecule has 2 aliphatic rings. The van der Waals surface area contributed by atoms with E-state index in [4.69, 9.17) is 0 Å². The summed E-state index contributed by atoms with van der Waals surface area (Å²) in [7, 11) is 4.23. The van der Waals surface area contributed by atoms with E-state index in [0.717, 1.165) is 57.8 Å². The number of benzene rings is 1. The minimum absolute atomic E-state index is 0.0817. The predicted octanol–water partition coefficient (Wildman–Crippen LogP) is 0.459. The number of amides is 1. The monoisotopic (exact) mass is 360 g/mol. The quantitative estimate of drug-likeness (QED) is 0.799. The molecule has 2 fully saturated rings. The summed E-state index contributed by atoms with van der Waals surface area (Å²) in [4.78, 5) is 21.5. The highest BCUT2D eigenvalue weighted by molar-refractivity contribution is 5.78. The molecule has 0 aromatic heterocycles. The van der Waals surface area contributed by atoms with Crippen molar-refractivity contribution in [1.82, 2.24) is 19.6 Å². The summed E-state index contributed by atoms with van der Waals surface area (Å²) in [5.41, 5.74) is 2.18. The topological polar surface area (TPSA) is 50.3 Å². The number of aliphatic hydroxyl groups excluding tert-OH is 1. The first-order valence-corrected chi connectivity index (χ1v) is 9.63. The second-order valence-electron chi connectivity index (χ2n) is 7.72. The number of piperazine rings is 1. The highest BCUT2D eigenvalue weighted by atomic mass is 16.3. The van der Waals surface area contributed by atoms with E-state index in [0.29, 0.717) is 12.6 Å². The van der Waals surface area contributed by atoms with Crippen LogP contribution in [-0.2, 0) is 17.9 Å². The number of carbonyl (C=O) groups is 1. The van der Waals surface area contributed by atoms with E-state index in [9.17, 15) is 9.90 Å². The molecule has 144 valence electrons. The Kier molecular flexibility index (Phi) is 6.64. The predicted molar refractivity (Wildman–Crippen MR) is 103 cm³/mol. The van der Waals surface area contributed by atoms with Crippen LogP contribution in [0.25, 0.3) is 0 Å². The summed E-state index contributed by atoms with van der Waals surface area (Å²) in [6, 6.07) is 8.62. The van der Waals surface area contributed by atoms with Gasteiger partial charge in [0.2, 0.25) is 5.91 Å². The molecule has 6 heteroatoms. The number of carbonyl (C=O) groups excluding carboxylic acids is 1. The van der Waals surface area contributed by atoms with E-state index in [1.165, 1.54) is 5.56 Å². The van der Waals surface area contributed by atoms with Crippen molar-refractivity contribution in [3.8, 4) is 0 Å². The van der Waals surface area contributed by atoms with Gasteiger partial charge in [0.05, 0.1) is 13.2 Å². The van der Waals surface area contributed by atoms with Gasteiger partial charge in [0, 0.05) is 51.9 Å². The zero-order chi connectivity index (χ0) is 18.5. The van der Waals surface area contributed by atoms with Crippen molar-refractivity contribution in [3.05, 3.63) is 35.4 Å².